The molecule has 26 heavy (non-hydrogen) atoms. The highest BCUT2D eigenvalue weighted by Gasteiger charge is 2.09. The van der Waals surface area contributed by atoms with Gasteiger partial charge in [-0.15, -0.1) is 0 Å². The second kappa shape index (κ2) is 8.02. The molecule has 0 spiro atoms. The number of ether oxygens (including phenoxy) is 2. The normalized spacial score (nSPS) is 10.1. The lowest BCUT2D eigenvalue weighted by molar-refractivity contribution is 0.102. The first-order valence-corrected chi connectivity index (χ1v) is 8.00. The summed E-state index contributed by atoms with van der Waals surface area (Å²) >= 11 is 0. The first-order chi connectivity index (χ1) is 12.7. The number of anilines is 3. The first-order valence-electron chi connectivity index (χ1n) is 8.00. The van der Waals surface area contributed by atoms with Gasteiger partial charge in [-0.25, -0.2) is 0 Å². The highest BCUT2D eigenvalue weighted by Crippen LogP contribution is 2.22. The number of benzene rings is 2. The van der Waals surface area contributed by atoms with Gasteiger partial charge in [0.1, 0.15) is 17.2 Å². The van der Waals surface area contributed by atoms with Crippen molar-refractivity contribution in [2.75, 3.05) is 24.9 Å². The number of rotatable bonds is 6. The van der Waals surface area contributed by atoms with Gasteiger partial charge in [0, 0.05) is 35.4 Å². The molecule has 2 N–H and O–H groups in total. The Kier molecular flexibility index (Phi) is 5.34. The lowest BCUT2D eigenvalue weighted by atomic mass is 10.2. The van der Waals surface area contributed by atoms with E-state index in [9.17, 15) is 4.79 Å². The number of amides is 1. The smallest absolute Gasteiger partial charge is 0.274 e. The maximum atomic E-state index is 12.5. The van der Waals surface area contributed by atoms with Gasteiger partial charge in [-0.2, -0.15) is 0 Å². The van der Waals surface area contributed by atoms with E-state index in [2.05, 4.69) is 15.6 Å². The fourth-order valence-electron chi connectivity index (χ4n) is 2.40. The molecule has 1 aromatic heterocycles. The zero-order valence-electron chi connectivity index (χ0n) is 14.5. The van der Waals surface area contributed by atoms with Crippen LogP contribution >= 0.6 is 0 Å². The Morgan fingerprint density at radius 3 is 2.15 bits per heavy atom. The molecule has 6 nitrogen and oxygen atoms in total. The molecule has 2 aromatic carbocycles. The highest BCUT2D eigenvalue weighted by molar-refractivity contribution is 6.03. The summed E-state index contributed by atoms with van der Waals surface area (Å²) in [5.74, 6) is 1.12. The molecule has 0 aliphatic rings. The van der Waals surface area contributed by atoms with Crippen molar-refractivity contribution in [1.82, 2.24) is 4.98 Å². The average molecular weight is 349 g/mol. The molecule has 132 valence electrons. The van der Waals surface area contributed by atoms with Crippen molar-refractivity contribution in [3.05, 3.63) is 72.6 Å². The quantitative estimate of drug-likeness (QED) is 0.701. The van der Waals surface area contributed by atoms with Crippen molar-refractivity contribution in [2.24, 2.45) is 0 Å². The third-order valence-electron chi connectivity index (χ3n) is 3.68. The van der Waals surface area contributed by atoms with E-state index in [1.807, 2.05) is 36.4 Å². The lowest BCUT2D eigenvalue weighted by Crippen LogP contribution is -2.13. The van der Waals surface area contributed by atoms with E-state index in [0.29, 0.717) is 17.1 Å². The van der Waals surface area contributed by atoms with Gasteiger partial charge in [-0.1, -0.05) is 12.1 Å². The fourth-order valence-corrected chi connectivity index (χ4v) is 2.40. The number of carbonyl (C=O) groups excluding carboxylic acids is 1. The van der Waals surface area contributed by atoms with Crippen molar-refractivity contribution in [2.45, 2.75) is 0 Å². The molecular formula is C20H19N3O3. The van der Waals surface area contributed by atoms with Crippen LogP contribution in [0.15, 0.2) is 66.9 Å². The summed E-state index contributed by atoms with van der Waals surface area (Å²) in [6.07, 6.45) is 1.59. The summed E-state index contributed by atoms with van der Waals surface area (Å²) in [6, 6.07) is 18.2. The van der Waals surface area contributed by atoms with E-state index < -0.39 is 0 Å². The number of nitrogens with zero attached hydrogens (tertiary/aromatic N) is 1. The van der Waals surface area contributed by atoms with E-state index in [0.717, 1.165) is 17.1 Å². The maximum absolute atomic E-state index is 12.5. The standard InChI is InChI=1S/C20H19N3O3/c1-25-17-7-3-5-14(11-17)22-16-9-10-21-19(13-16)20(24)23-15-6-4-8-18(12-15)26-2/h3-13H,1-2H3,(H,21,22)(H,23,24). The molecule has 0 saturated carbocycles. The van der Waals surface area contributed by atoms with Crippen LogP contribution in [0.25, 0.3) is 0 Å². The summed E-state index contributed by atoms with van der Waals surface area (Å²) in [5, 5.41) is 6.05. The van der Waals surface area contributed by atoms with Crippen molar-refractivity contribution in [3.8, 4) is 11.5 Å². The number of methoxy groups -OCH3 is 2. The molecule has 0 bridgehead atoms. The fraction of sp³-hybridized carbons (Fsp3) is 0.100. The predicted octanol–water partition coefficient (Wildman–Crippen LogP) is 4.09. The Labute approximate surface area is 151 Å². The first kappa shape index (κ1) is 17.3. The second-order valence-corrected chi connectivity index (χ2v) is 5.47. The summed E-state index contributed by atoms with van der Waals surface area (Å²) in [4.78, 5) is 16.6. The highest BCUT2D eigenvalue weighted by atomic mass is 16.5. The minimum atomic E-state index is -0.299. The van der Waals surface area contributed by atoms with Gasteiger partial charge in [-0.05, 0) is 36.4 Å². The minimum Gasteiger partial charge on any atom is -0.497 e. The van der Waals surface area contributed by atoms with Crippen molar-refractivity contribution >= 4 is 23.0 Å². The van der Waals surface area contributed by atoms with Gasteiger partial charge in [-0.3, -0.25) is 9.78 Å². The monoisotopic (exact) mass is 349 g/mol. The molecule has 1 amide bonds. The minimum absolute atomic E-state index is 0.299. The molecule has 0 fully saturated rings. The molecule has 0 unspecified atom stereocenters. The Morgan fingerprint density at radius 1 is 0.846 bits per heavy atom. The van der Waals surface area contributed by atoms with Gasteiger partial charge >= 0.3 is 0 Å². The molecule has 0 atom stereocenters. The molecule has 3 aromatic rings. The number of hydrogen-bond acceptors (Lipinski definition) is 5. The van der Waals surface area contributed by atoms with Crippen LogP contribution in [0.3, 0.4) is 0 Å². The topological polar surface area (TPSA) is 72.5 Å². The van der Waals surface area contributed by atoms with E-state index in [1.54, 1.807) is 44.7 Å². The number of aromatic nitrogens is 1. The SMILES string of the molecule is COc1cccc(NC(=O)c2cc(Nc3cccc(OC)c3)ccn2)c1. The number of carbonyl (C=O) groups is 1. The molecule has 0 radical (unpaired) electrons. The Morgan fingerprint density at radius 2 is 1.46 bits per heavy atom. The summed E-state index contributed by atoms with van der Waals surface area (Å²) in [7, 11) is 3.20. The van der Waals surface area contributed by atoms with Crippen molar-refractivity contribution in [3.63, 3.8) is 0 Å². The van der Waals surface area contributed by atoms with Crippen LogP contribution in [0.5, 0.6) is 11.5 Å². The Balaban J connectivity index is 1.74. The molecule has 0 aliphatic heterocycles. The van der Waals surface area contributed by atoms with Crippen LogP contribution in [-0.4, -0.2) is 25.1 Å². The largest absolute Gasteiger partial charge is 0.497 e. The average Bonchev–Trinajstić information content (AvgIpc) is 2.68. The van der Waals surface area contributed by atoms with Crippen LogP contribution in [-0.2, 0) is 0 Å². The number of pyridine rings is 1. The molecule has 0 saturated heterocycles. The van der Waals surface area contributed by atoms with Crippen LogP contribution in [0.1, 0.15) is 10.5 Å². The van der Waals surface area contributed by atoms with Crippen LogP contribution in [0.2, 0.25) is 0 Å². The van der Waals surface area contributed by atoms with Gasteiger partial charge in [0.15, 0.2) is 0 Å². The van der Waals surface area contributed by atoms with Gasteiger partial charge in [0.25, 0.3) is 5.91 Å². The molecule has 0 aliphatic carbocycles. The lowest BCUT2D eigenvalue weighted by Gasteiger charge is -2.10. The van der Waals surface area contributed by atoms with E-state index >= 15 is 0 Å². The molecule has 6 heteroatoms. The summed E-state index contributed by atoms with van der Waals surface area (Å²) < 4.78 is 10.4. The van der Waals surface area contributed by atoms with E-state index in [1.165, 1.54) is 0 Å². The van der Waals surface area contributed by atoms with Gasteiger partial charge < -0.3 is 20.1 Å². The zero-order chi connectivity index (χ0) is 18.4. The Bertz CT molecular complexity index is 912. The number of hydrogen-bond donors (Lipinski definition) is 2. The van der Waals surface area contributed by atoms with E-state index in [-0.39, 0.29) is 5.91 Å². The number of nitrogens with one attached hydrogen (secondary N) is 2. The third kappa shape index (κ3) is 4.30. The second-order valence-electron chi connectivity index (χ2n) is 5.47. The Hall–Kier alpha value is -3.54. The summed E-state index contributed by atoms with van der Waals surface area (Å²) in [5.41, 5.74) is 2.56. The van der Waals surface area contributed by atoms with Crippen molar-refractivity contribution < 1.29 is 14.3 Å². The molecular weight excluding hydrogens is 330 g/mol. The molecule has 1 heterocycles. The summed E-state index contributed by atoms with van der Waals surface area (Å²) in [6.45, 7) is 0. The predicted molar refractivity (Wildman–Crippen MR) is 101 cm³/mol. The van der Waals surface area contributed by atoms with E-state index in [4.69, 9.17) is 9.47 Å². The van der Waals surface area contributed by atoms with Crippen LogP contribution in [0.4, 0.5) is 17.1 Å². The van der Waals surface area contributed by atoms with Crippen molar-refractivity contribution in [1.29, 1.82) is 0 Å². The van der Waals surface area contributed by atoms with Gasteiger partial charge in [0.05, 0.1) is 14.2 Å². The zero-order valence-corrected chi connectivity index (χ0v) is 14.5. The van der Waals surface area contributed by atoms with Crippen LogP contribution in [0, 0.1) is 0 Å². The van der Waals surface area contributed by atoms with Crippen LogP contribution < -0.4 is 20.1 Å². The maximum Gasteiger partial charge on any atom is 0.274 e. The van der Waals surface area contributed by atoms with Gasteiger partial charge in [0.2, 0.25) is 0 Å². The molecule has 3 rings (SSSR count). The third-order valence-corrected chi connectivity index (χ3v) is 3.68.